The first-order valence-corrected chi connectivity index (χ1v) is 6.09. The Morgan fingerprint density at radius 3 is 2.55 bits per heavy atom. The van der Waals surface area contributed by atoms with Gasteiger partial charge in [0.1, 0.15) is 11.5 Å². The molecule has 2 rings (SSSR count). The van der Waals surface area contributed by atoms with Crippen molar-refractivity contribution in [1.82, 2.24) is 10.9 Å². The molecule has 0 aliphatic rings. The first kappa shape index (κ1) is 13.7. The lowest BCUT2D eigenvalue weighted by Crippen LogP contribution is -2.35. The van der Waals surface area contributed by atoms with E-state index in [-0.39, 0.29) is 11.3 Å². The van der Waals surface area contributed by atoms with Crippen molar-refractivity contribution in [1.29, 1.82) is 0 Å². The Morgan fingerprint density at radius 2 is 1.95 bits per heavy atom. The summed E-state index contributed by atoms with van der Waals surface area (Å²) in [4.78, 5) is 11.9. The topological polar surface area (TPSA) is 74.5 Å². The van der Waals surface area contributed by atoms with E-state index in [0.717, 1.165) is 11.3 Å². The second-order valence-corrected chi connectivity index (χ2v) is 4.44. The maximum Gasteiger partial charge on any atom is 0.273 e. The average molecular weight is 272 g/mol. The van der Waals surface area contributed by atoms with Gasteiger partial charge in [0.25, 0.3) is 5.91 Å². The molecular weight excluding hydrogens is 256 g/mol. The van der Waals surface area contributed by atoms with E-state index in [1.54, 1.807) is 12.1 Å². The number of furan rings is 1. The number of hydrogen-bond donors (Lipinski definition) is 3. The molecule has 0 saturated heterocycles. The quantitative estimate of drug-likeness (QED) is 0.748. The Morgan fingerprint density at radius 1 is 1.25 bits per heavy atom. The number of amides is 1. The number of hydrazine groups is 1. The number of benzene rings is 1. The van der Waals surface area contributed by atoms with Gasteiger partial charge in [-0.3, -0.25) is 15.6 Å². The second kappa shape index (κ2) is 5.52. The molecule has 5 nitrogen and oxygen atoms in total. The summed E-state index contributed by atoms with van der Waals surface area (Å²) < 4.78 is 5.48. The van der Waals surface area contributed by atoms with Crippen LogP contribution in [0.15, 0.2) is 41.3 Å². The maximum absolute atomic E-state index is 11.9. The van der Waals surface area contributed by atoms with Crippen molar-refractivity contribution in [2.24, 2.45) is 0 Å². The number of aromatic hydroxyl groups is 1. The minimum Gasteiger partial charge on any atom is -0.507 e. The Labute approximate surface area is 116 Å². The van der Waals surface area contributed by atoms with Crippen LogP contribution in [0.5, 0.6) is 5.75 Å². The van der Waals surface area contributed by atoms with Crippen LogP contribution in [-0.4, -0.2) is 11.0 Å². The molecular formula is C15H16N2O3. The predicted octanol–water partition coefficient (Wildman–Crippen LogP) is 2.51. The Bertz CT molecular complexity index is 659. The molecule has 1 aromatic heterocycles. The highest BCUT2D eigenvalue weighted by Crippen LogP contribution is 2.19. The number of phenols is 1. The lowest BCUT2D eigenvalue weighted by atomic mass is 10.2. The lowest BCUT2D eigenvalue weighted by Gasteiger charge is -2.10. The third-order valence-corrected chi connectivity index (χ3v) is 2.79. The first-order chi connectivity index (χ1) is 9.49. The van der Waals surface area contributed by atoms with E-state index in [1.165, 1.54) is 12.1 Å². The predicted molar refractivity (Wildman–Crippen MR) is 75.9 cm³/mol. The molecule has 2 aromatic rings. The first-order valence-electron chi connectivity index (χ1n) is 6.09. The van der Waals surface area contributed by atoms with Crippen molar-refractivity contribution < 1.29 is 14.3 Å². The molecule has 0 spiro atoms. The molecule has 1 aromatic carbocycles. The fraction of sp³-hybridized carbons (Fsp3) is 0.133. The van der Waals surface area contributed by atoms with Crippen LogP contribution in [-0.2, 0) is 0 Å². The standard InChI is InChI=1S/C15H16N2O3/c1-9-8-10(2)20-14(9)11(3)16-17-15(19)12-6-4-5-7-13(12)18/h4-8,16,18H,3H2,1-2H3,(H,17,19). The van der Waals surface area contributed by atoms with Gasteiger partial charge in [-0.2, -0.15) is 0 Å². The summed E-state index contributed by atoms with van der Waals surface area (Å²) in [6, 6.07) is 8.17. The van der Waals surface area contributed by atoms with E-state index in [9.17, 15) is 9.90 Å². The number of para-hydroxylation sites is 1. The maximum atomic E-state index is 11.9. The van der Waals surface area contributed by atoms with Gasteiger partial charge in [0, 0.05) is 0 Å². The van der Waals surface area contributed by atoms with Crippen LogP contribution in [0.1, 0.15) is 27.4 Å². The number of phenolic OH excluding ortho intramolecular Hbond substituents is 1. The summed E-state index contributed by atoms with van der Waals surface area (Å²) in [6.45, 7) is 7.54. The van der Waals surface area contributed by atoms with E-state index >= 15 is 0 Å². The number of nitrogens with one attached hydrogen (secondary N) is 2. The molecule has 0 aliphatic heterocycles. The molecule has 0 aliphatic carbocycles. The van der Waals surface area contributed by atoms with Gasteiger partial charge in [0.15, 0.2) is 5.76 Å². The number of carbonyl (C=O) groups is 1. The van der Waals surface area contributed by atoms with Gasteiger partial charge >= 0.3 is 0 Å². The number of hydrogen-bond acceptors (Lipinski definition) is 4. The van der Waals surface area contributed by atoms with Crippen LogP contribution >= 0.6 is 0 Å². The van der Waals surface area contributed by atoms with Crippen LogP contribution in [0.4, 0.5) is 0 Å². The lowest BCUT2D eigenvalue weighted by molar-refractivity contribution is 0.0939. The van der Waals surface area contributed by atoms with Gasteiger partial charge < -0.3 is 9.52 Å². The number of aryl methyl sites for hydroxylation is 2. The summed E-state index contributed by atoms with van der Waals surface area (Å²) in [7, 11) is 0. The molecule has 0 unspecified atom stereocenters. The zero-order valence-electron chi connectivity index (χ0n) is 11.4. The van der Waals surface area contributed by atoms with E-state index in [0.29, 0.717) is 11.5 Å². The Kier molecular flexibility index (Phi) is 3.79. The summed E-state index contributed by atoms with van der Waals surface area (Å²) in [5, 5.41) is 9.58. The van der Waals surface area contributed by atoms with Gasteiger partial charge in [-0.05, 0) is 37.6 Å². The third-order valence-electron chi connectivity index (χ3n) is 2.79. The van der Waals surface area contributed by atoms with E-state index in [2.05, 4.69) is 17.4 Å². The molecule has 0 fully saturated rings. The van der Waals surface area contributed by atoms with Crippen molar-refractivity contribution >= 4 is 11.6 Å². The zero-order valence-corrected chi connectivity index (χ0v) is 11.4. The SMILES string of the molecule is C=C(NNC(=O)c1ccccc1O)c1oc(C)cc1C. The molecule has 20 heavy (non-hydrogen) atoms. The van der Waals surface area contributed by atoms with Crippen molar-refractivity contribution in [2.75, 3.05) is 0 Å². The Hall–Kier alpha value is -2.69. The van der Waals surface area contributed by atoms with Crippen molar-refractivity contribution in [3.05, 3.63) is 59.6 Å². The van der Waals surface area contributed by atoms with Crippen LogP contribution < -0.4 is 10.9 Å². The largest absolute Gasteiger partial charge is 0.507 e. The van der Waals surface area contributed by atoms with Crippen LogP contribution in [0.3, 0.4) is 0 Å². The van der Waals surface area contributed by atoms with E-state index in [4.69, 9.17) is 4.42 Å². The molecule has 0 bridgehead atoms. The number of rotatable bonds is 4. The highest BCUT2D eigenvalue weighted by molar-refractivity contribution is 5.96. The van der Waals surface area contributed by atoms with E-state index in [1.807, 2.05) is 19.9 Å². The zero-order chi connectivity index (χ0) is 14.7. The summed E-state index contributed by atoms with van der Waals surface area (Å²) in [5.74, 6) is 0.820. The summed E-state index contributed by atoms with van der Waals surface area (Å²) in [6.07, 6.45) is 0. The fourth-order valence-corrected chi connectivity index (χ4v) is 1.86. The van der Waals surface area contributed by atoms with Crippen LogP contribution in [0.25, 0.3) is 5.70 Å². The highest BCUT2D eigenvalue weighted by Gasteiger charge is 2.12. The van der Waals surface area contributed by atoms with Crippen molar-refractivity contribution in [3.8, 4) is 5.75 Å². The summed E-state index contributed by atoms with van der Waals surface area (Å²) in [5.41, 5.74) is 6.70. The highest BCUT2D eigenvalue weighted by atomic mass is 16.3. The normalized spacial score (nSPS) is 10.1. The molecule has 5 heteroatoms. The third kappa shape index (κ3) is 2.83. The fourth-order valence-electron chi connectivity index (χ4n) is 1.86. The van der Waals surface area contributed by atoms with Gasteiger partial charge in [0.2, 0.25) is 0 Å². The molecule has 0 saturated carbocycles. The minimum absolute atomic E-state index is 0.0811. The molecule has 1 amide bonds. The Balaban J connectivity index is 2.02. The van der Waals surface area contributed by atoms with Gasteiger partial charge in [-0.15, -0.1) is 0 Å². The minimum atomic E-state index is -0.454. The van der Waals surface area contributed by atoms with Gasteiger partial charge in [0.05, 0.1) is 11.3 Å². The molecule has 0 atom stereocenters. The molecule has 104 valence electrons. The van der Waals surface area contributed by atoms with Crippen molar-refractivity contribution in [2.45, 2.75) is 13.8 Å². The van der Waals surface area contributed by atoms with Crippen molar-refractivity contribution in [3.63, 3.8) is 0 Å². The molecule has 3 N–H and O–H groups in total. The number of carbonyl (C=O) groups excluding carboxylic acids is 1. The van der Waals surface area contributed by atoms with Gasteiger partial charge in [-0.1, -0.05) is 18.7 Å². The van der Waals surface area contributed by atoms with E-state index < -0.39 is 5.91 Å². The average Bonchev–Trinajstić information content (AvgIpc) is 2.75. The monoisotopic (exact) mass is 272 g/mol. The summed E-state index contributed by atoms with van der Waals surface area (Å²) >= 11 is 0. The second-order valence-electron chi connectivity index (χ2n) is 4.44. The van der Waals surface area contributed by atoms with Crippen LogP contribution in [0, 0.1) is 13.8 Å². The molecule has 1 heterocycles. The van der Waals surface area contributed by atoms with Crippen LogP contribution in [0.2, 0.25) is 0 Å². The molecule has 0 radical (unpaired) electrons. The smallest absolute Gasteiger partial charge is 0.273 e. The van der Waals surface area contributed by atoms with Gasteiger partial charge in [-0.25, -0.2) is 0 Å².